The van der Waals surface area contributed by atoms with E-state index in [1.54, 1.807) is 12.3 Å². The van der Waals surface area contributed by atoms with E-state index in [0.717, 1.165) is 5.76 Å². The molecule has 0 radical (unpaired) electrons. The highest BCUT2D eigenvalue weighted by Gasteiger charge is 2.03. The summed E-state index contributed by atoms with van der Waals surface area (Å²) in [7, 11) is 0. The van der Waals surface area contributed by atoms with Gasteiger partial charge in [0, 0.05) is 13.0 Å². The minimum absolute atomic E-state index is 0.278. The van der Waals surface area contributed by atoms with Crippen LogP contribution >= 0.6 is 0 Å². The van der Waals surface area contributed by atoms with Crippen LogP contribution in [0.1, 0.15) is 5.76 Å². The van der Waals surface area contributed by atoms with Gasteiger partial charge in [0.05, 0.1) is 12.4 Å². The molecule has 0 fully saturated rings. The molecule has 1 aromatic heterocycles. The van der Waals surface area contributed by atoms with Crippen LogP contribution in [-0.4, -0.2) is 17.8 Å². The van der Waals surface area contributed by atoms with Crippen LogP contribution in [0, 0.1) is 0 Å². The monoisotopic (exact) mass is 141 g/mol. The Balaban J connectivity index is 2.40. The molecule has 1 rings (SSSR count). The van der Waals surface area contributed by atoms with Gasteiger partial charge in [-0.3, -0.25) is 0 Å². The average molecular weight is 141 g/mol. The highest BCUT2D eigenvalue weighted by atomic mass is 16.3. The Morgan fingerprint density at radius 2 is 2.50 bits per heavy atom. The van der Waals surface area contributed by atoms with Crippen LogP contribution in [0.5, 0.6) is 0 Å². The van der Waals surface area contributed by atoms with Gasteiger partial charge in [-0.15, -0.1) is 0 Å². The third-order valence-corrected chi connectivity index (χ3v) is 1.29. The summed E-state index contributed by atoms with van der Waals surface area (Å²) in [6.07, 6.45) is 1.60. The number of aliphatic hydroxyl groups is 1. The molecule has 1 aromatic rings. The van der Waals surface area contributed by atoms with Gasteiger partial charge in [-0.1, -0.05) is 0 Å². The summed E-state index contributed by atoms with van der Waals surface area (Å²) in [4.78, 5) is 0. The van der Waals surface area contributed by atoms with E-state index < -0.39 is 6.10 Å². The molecule has 3 N–H and O–H groups in total. The molecule has 0 saturated carbocycles. The van der Waals surface area contributed by atoms with E-state index in [1.165, 1.54) is 0 Å². The van der Waals surface area contributed by atoms with Gasteiger partial charge in [0.25, 0.3) is 0 Å². The van der Waals surface area contributed by atoms with E-state index in [9.17, 15) is 0 Å². The van der Waals surface area contributed by atoms with Crippen molar-refractivity contribution >= 4 is 0 Å². The molecule has 0 bridgehead atoms. The van der Waals surface area contributed by atoms with E-state index in [1.807, 2.05) is 6.07 Å². The first-order valence-electron chi connectivity index (χ1n) is 3.23. The van der Waals surface area contributed by atoms with Crippen molar-refractivity contribution in [2.24, 2.45) is 5.73 Å². The van der Waals surface area contributed by atoms with Crippen molar-refractivity contribution in [2.45, 2.75) is 12.5 Å². The summed E-state index contributed by atoms with van der Waals surface area (Å²) in [5, 5.41) is 9.04. The number of furan rings is 1. The second kappa shape index (κ2) is 3.39. The van der Waals surface area contributed by atoms with Gasteiger partial charge in [-0.25, -0.2) is 0 Å². The first-order chi connectivity index (χ1) is 4.83. The number of nitrogens with two attached hydrogens (primary N) is 1. The minimum atomic E-state index is -0.480. The fourth-order valence-electron chi connectivity index (χ4n) is 0.744. The molecule has 1 unspecified atom stereocenters. The van der Waals surface area contributed by atoms with Gasteiger partial charge in [-0.05, 0) is 12.1 Å². The SMILES string of the molecule is NCC(O)Cc1ccco1. The number of hydrogen-bond donors (Lipinski definition) is 2. The van der Waals surface area contributed by atoms with E-state index in [0.29, 0.717) is 6.42 Å². The van der Waals surface area contributed by atoms with E-state index >= 15 is 0 Å². The molecule has 3 heteroatoms. The van der Waals surface area contributed by atoms with Gasteiger partial charge in [0.2, 0.25) is 0 Å². The number of aliphatic hydroxyl groups excluding tert-OH is 1. The lowest BCUT2D eigenvalue weighted by molar-refractivity contribution is 0.175. The lowest BCUT2D eigenvalue weighted by Crippen LogP contribution is -2.21. The van der Waals surface area contributed by atoms with Gasteiger partial charge >= 0.3 is 0 Å². The Morgan fingerprint density at radius 3 is 3.00 bits per heavy atom. The Morgan fingerprint density at radius 1 is 1.70 bits per heavy atom. The predicted molar refractivity (Wildman–Crippen MR) is 37.5 cm³/mol. The van der Waals surface area contributed by atoms with E-state index in [-0.39, 0.29) is 6.54 Å². The van der Waals surface area contributed by atoms with Crippen molar-refractivity contribution in [3.63, 3.8) is 0 Å². The highest BCUT2D eigenvalue weighted by Crippen LogP contribution is 2.02. The zero-order valence-corrected chi connectivity index (χ0v) is 5.66. The zero-order chi connectivity index (χ0) is 7.40. The maximum Gasteiger partial charge on any atom is 0.106 e. The summed E-state index contributed by atoms with van der Waals surface area (Å²) < 4.78 is 4.99. The largest absolute Gasteiger partial charge is 0.469 e. The molecule has 3 nitrogen and oxygen atoms in total. The lowest BCUT2D eigenvalue weighted by Gasteiger charge is -2.02. The molecule has 0 aliphatic carbocycles. The van der Waals surface area contributed by atoms with Crippen LogP contribution in [-0.2, 0) is 6.42 Å². The molecule has 0 saturated heterocycles. The minimum Gasteiger partial charge on any atom is -0.469 e. The molecule has 0 aliphatic rings. The lowest BCUT2D eigenvalue weighted by atomic mass is 10.2. The molecule has 56 valence electrons. The summed E-state index contributed by atoms with van der Waals surface area (Å²) in [5.74, 6) is 0.776. The van der Waals surface area contributed by atoms with Crippen molar-refractivity contribution in [3.8, 4) is 0 Å². The summed E-state index contributed by atoms with van der Waals surface area (Å²) >= 11 is 0. The molecule has 0 aliphatic heterocycles. The topological polar surface area (TPSA) is 59.4 Å². The normalized spacial score (nSPS) is 13.4. The molecule has 10 heavy (non-hydrogen) atoms. The van der Waals surface area contributed by atoms with Crippen LogP contribution in [0.4, 0.5) is 0 Å². The average Bonchev–Trinajstić information content (AvgIpc) is 2.40. The Bertz CT molecular complexity index is 172. The van der Waals surface area contributed by atoms with Gasteiger partial charge in [-0.2, -0.15) is 0 Å². The fraction of sp³-hybridized carbons (Fsp3) is 0.429. The fourth-order valence-corrected chi connectivity index (χ4v) is 0.744. The third-order valence-electron chi connectivity index (χ3n) is 1.29. The molecular formula is C7H11NO2. The Kier molecular flexibility index (Phi) is 2.48. The summed E-state index contributed by atoms with van der Waals surface area (Å²) in [5.41, 5.74) is 5.20. The van der Waals surface area contributed by atoms with Crippen molar-refractivity contribution in [1.82, 2.24) is 0 Å². The third kappa shape index (κ3) is 1.86. The van der Waals surface area contributed by atoms with Crippen LogP contribution in [0.2, 0.25) is 0 Å². The van der Waals surface area contributed by atoms with Crippen molar-refractivity contribution in [3.05, 3.63) is 24.2 Å². The Labute approximate surface area is 59.5 Å². The number of hydrogen-bond acceptors (Lipinski definition) is 3. The molecule has 0 spiro atoms. The molecule has 1 atom stereocenters. The smallest absolute Gasteiger partial charge is 0.106 e. The van der Waals surface area contributed by atoms with Crippen molar-refractivity contribution in [2.75, 3.05) is 6.54 Å². The highest BCUT2D eigenvalue weighted by molar-refractivity contribution is 4.99. The maximum absolute atomic E-state index is 9.04. The van der Waals surface area contributed by atoms with Gasteiger partial charge in [0.15, 0.2) is 0 Å². The second-order valence-electron chi connectivity index (χ2n) is 2.17. The van der Waals surface area contributed by atoms with E-state index in [4.69, 9.17) is 15.3 Å². The summed E-state index contributed by atoms with van der Waals surface area (Å²) in [6, 6.07) is 3.61. The molecule has 0 amide bonds. The van der Waals surface area contributed by atoms with Crippen molar-refractivity contribution < 1.29 is 9.52 Å². The maximum atomic E-state index is 9.04. The quantitative estimate of drug-likeness (QED) is 0.629. The van der Waals surface area contributed by atoms with Crippen molar-refractivity contribution in [1.29, 1.82) is 0 Å². The zero-order valence-electron chi connectivity index (χ0n) is 5.66. The Hall–Kier alpha value is -0.800. The first-order valence-corrected chi connectivity index (χ1v) is 3.23. The van der Waals surface area contributed by atoms with Gasteiger partial charge in [0.1, 0.15) is 5.76 Å². The molecule has 0 aromatic carbocycles. The predicted octanol–water partition coefficient (Wildman–Crippen LogP) is 0.142. The van der Waals surface area contributed by atoms with Crippen LogP contribution < -0.4 is 5.73 Å². The van der Waals surface area contributed by atoms with Crippen LogP contribution in [0.15, 0.2) is 22.8 Å². The molecular weight excluding hydrogens is 130 g/mol. The summed E-state index contributed by atoms with van der Waals surface area (Å²) in [6.45, 7) is 0.278. The second-order valence-corrected chi connectivity index (χ2v) is 2.17. The molecule has 1 heterocycles. The first kappa shape index (κ1) is 7.31. The van der Waals surface area contributed by atoms with Crippen LogP contribution in [0.25, 0.3) is 0 Å². The standard InChI is InChI=1S/C7H11NO2/c8-5-6(9)4-7-2-1-3-10-7/h1-3,6,9H,4-5,8H2. The van der Waals surface area contributed by atoms with E-state index in [2.05, 4.69) is 0 Å². The van der Waals surface area contributed by atoms with Gasteiger partial charge < -0.3 is 15.3 Å². The van der Waals surface area contributed by atoms with Crippen LogP contribution in [0.3, 0.4) is 0 Å². The number of rotatable bonds is 3.